The molecule has 0 bridgehead atoms. The van der Waals surface area contributed by atoms with Crippen LogP contribution < -0.4 is 10.9 Å². The van der Waals surface area contributed by atoms with Gasteiger partial charge in [-0.15, -0.1) is 0 Å². The number of aromatic nitrogens is 1. The van der Waals surface area contributed by atoms with Crippen LogP contribution in [0.15, 0.2) is 41.2 Å². The second kappa shape index (κ2) is 7.66. The molecule has 2 heterocycles. The van der Waals surface area contributed by atoms with Gasteiger partial charge in [0.2, 0.25) is 5.91 Å². The van der Waals surface area contributed by atoms with E-state index in [1.54, 1.807) is 0 Å². The first-order chi connectivity index (χ1) is 12.0. The highest BCUT2D eigenvalue weighted by molar-refractivity contribution is 5.82. The van der Waals surface area contributed by atoms with Crippen molar-refractivity contribution in [3.63, 3.8) is 0 Å². The molecule has 3 rings (SSSR count). The first kappa shape index (κ1) is 17.4. The van der Waals surface area contributed by atoms with E-state index in [9.17, 15) is 9.59 Å². The molecule has 25 heavy (non-hydrogen) atoms. The van der Waals surface area contributed by atoms with E-state index in [1.165, 1.54) is 5.56 Å². The fourth-order valence-electron chi connectivity index (χ4n) is 3.52. The molecule has 0 radical (unpaired) electrons. The molecule has 2 N–H and O–H groups in total. The lowest BCUT2D eigenvalue weighted by molar-refractivity contribution is -0.125. The van der Waals surface area contributed by atoms with E-state index in [0.717, 1.165) is 37.2 Å². The molecule has 1 fully saturated rings. The quantitative estimate of drug-likeness (QED) is 0.878. The Kier molecular flexibility index (Phi) is 5.34. The van der Waals surface area contributed by atoms with Gasteiger partial charge in [-0.3, -0.25) is 14.5 Å². The van der Waals surface area contributed by atoms with Crippen molar-refractivity contribution in [1.29, 1.82) is 0 Å². The molecule has 1 atom stereocenters. The predicted molar refractivity (Wildman–Crippen MR) is 98.3 cm³/mol. The number of nitrogens with zero attached hydrogens (tertiary/aromatic N) is 1. The van der Waals surface area contributed by atoms with Crippen LogP contribution in [0.5, 0.6) is 0 Å². The average molecular weight is 339 g/mol. The van der Waals surface area contributed by atoms with Crippen LogP contribution >= 0.6 is 0 Å². The molecule has 0 saturated carbocycles. The maximum absolute atomic E-state index is 12.6. The van der Waals surface area contributed by atoms with E-state index in [1.807, 2.05) is 38.1 Å². The van der Waals surface area contributed by atoms with Crippen molar-refractivity contribution in [2.75, 3.05) is 6.54 Å². The molecule has 1 aromatic heterocycles. The van der Waals surface area contributed by atoms with Crippen LogP contribution in [0.25, 0.3) is 0 Å². The number of rotatable bonds is 5. The highest BCUT2D eigenvalue weighted by Gasteiger charge is 2.30. The number of pyridine rings is 1. The highest BCUT2D eigenvalue weighted by atomic mass is 16.2. The van der Waals surface area contributed by atoms with Crippen molar-refractivity contribution in [3.05, 3.63) is 69.1 Å². The first-order valence-electron chi connectivity index (χ1n) is 8.79. The van der Waals surface area contributed by atoms with E-state index in [4.69, 9.17) is 0 Å². The van der Waals surface area contributed by atoms with Gasteiger partial charge in [-0.2, -0.15) is 0 Å². The van der Waals surface area contributed by atoms with Crippen LogP contribution in [0.2, 0.25) is 0 Å². The summed E-state index contributed by atoms with van der Waals surface area (Å²) in [6, 6.07) is 12.0. The Labute approximate surface area is 148 Å². The van der Waals surface area contributed by atoms with Crippen molar-refractivity contribution in [1.82, 2.24) is 15.2 Å². The van der Waals surface area contributed by atoms with Gasteiger partial charge in [0.1, 0.15) is 0 Å². The Morgan fingerprint density at radius 1 is 1.28 bits per heavy atom. The second-order valence-electron chi connectivity index (χ2n) is 6.77. The molecule has 1 aliphatic heterocycles. The van der Waals surface area contributed by atoms with Gasteiger partial charge < -0.3 is 10.3 Å². The minimum atomic E-state index is -0.120. The van der Waals surface area contributed by atoms with Crippen LogP contribution in [0.4, 0.5) is 0 Å². The summed E-state index contributed by atoms with van der Waals surface area (Å²) in [4.78, 5) is 29.7. The number of carbonyl (C=O) groups excluding carboxylic acids is 1. The molecule has 0 aliphatic carbocycles. The maximum atomic E-state index is 12.6. The number of aromatic amines is 1. The first-order valence-corrected chi connectivity index (χ1v) is 8.79. The van der Waals surface area contributed by atoms with Crippen molar-refractivity contribution in [2.24, 2.45) is 0 Å². The van der Waals surface area contributed by atoms with Crippen LogP contribution in [0.3, 0.4) is 0 Å². The molecule has 2 aromatic rings. The zero-order valence-electron chi connectivity index (χ0n) is 14.8. The fourth-order valence-corrected chi connectivity index (χ4v) is 3.52. The normalized spacial score (nSPS) is 17.6. The molecule has 5 heteroatoms. The minimum Gasteiger partial charge on any atom is -0.350 e. The lowest BCUT2D eigenvalue weighted by atomic mass is 10.1. The summed E-state index contributed by atoms with van der Waals surface area (Å²) in [5, 5.41) is 2.96. The van der Waals surface area contributed by atoms with Crippen molar-refractivity contribution in [2.45, 2.75) is 45.8 Å². The number of H-pyrrole nitrogens is 1. The van der Waals surface area contributed by atoms with Gasteiger partial charge >= 0.3 is 0 Å². The van der Waals surface area contributed by atoms with Crippen LogP contribution in [0.1, 0.15) is 35.2 Å². The summed E-state index contributed by atoms with van der Waals surface area (Å²) in [5.74, 6) is 0.00723. The van der Waals surface area contributed by atoms with Crippen LogP contribution in [-0.2, 0) is 17.9 Å². The average Bonchev–Trinajstić information content (AvgIpc) is 3.03. The molecule has 1 aliphatic rings. The standard InChI is InChI=1S/C20H25N3O2/c1-14-11-15(2)22-19(24)17(14)12-21-20(25)18-9-6-10-23(18)13-16-7-4-3-5-8-16/h3-5,7-8,11,18H,6,9-10,12-13H2,1-2H3,(H,21,25)(H,22,24)/t18-/m0/s1. The van der Waals surface area contributed by atoms with Gasteiger partial charge in [0, 0.05) is 24.3 Å². The number of amides is 1. The lowest BCUT2D eigenvalue weighted by Crippen LogP contribution is -2.43. The molecular formula is C20H25N3O2. The van der Waals surface area contributed by atoms with Gasteiger partial charge in [-0.25, -0.2) is 0 Å². The van der Waals surface area contributed by atoms with E-state index >= 15 is 0 Å². The number of aryl methyl sites for hydroxylation is 2. The number of hydrogen-bond donors (Lipinski definition) is 2. The molecule has 1 saturated heterocycles. The summed E-state index contributed by atoms with van der Waals surface area (Å²) in [6.45, 7) is 5.74. The molecule has 1 aromatic carbocycles. The molecular weight excluding hydrogens is 314 g/mol. The summed E-state index contributed by atoms with van der Waals surface area (Å²) in [6.07, 6.45) is 1.89. The lowest BCUT2D eigenvalue weighted by Gasteiger charge is -2.23. The number of nitrogens with one attached hydrogen (secondary N) is 2. The van der Waals surface area contributed by atoms with Crippen molar-refractivity contribution in [3.8, 4) is 0 Å². The number of likely N-dealkylation sites (tertiary alicyclic amines) is 1. The Morgan fingerprint density at radius 3 is 2.76 bits per heavy atom. The molecule has 5 nitrogen and oxygen atoms in total. The van der Waals surface area contributed by atoms with E-state index < -0.39 is 0 Å². The third-order valence-corrected chi connectivity index (χ3v) is 4.83. The molecule has 0 spiro atoms. The van der Waals surface area contributed by atoms with Crippen LogP contribution in [0, 0.1) is 13.8 Å². The number of benzene rings is 1. The smallest absolute Gasteiger partial charge is 0.253 e. The zero-order valence-corrected chi connectivity index (χ0v) is 14.8. The summed E-state index contributed by atoms with van der Waals surface area (Å²) in [7, 11) is 0. The zero-order chi connectivity index (χ0) is 17.8. The largest absolute Gasteiger partial charge is 0.350 e. The fraction of sp³-hybridized carbons (Fsp3) is 0.400. The topological polar surface area (TPSA) is 65.2 Å². The predicted octanol–water partition coefficient (Wildman–Crippen LogP) is 2.27. The highest BCUT2D eigenvalue weighted by Crippen LogP contribution is 2.20. The molecule has 1 amide bonds. The summed E-state index contributed by atoms with van der Waals surface area (Å²) >= 11 is 0. The Morgan fingerprint density at radius 2 is 2.04 bits per heavy atom. The van der Waals surface area contributed by atoms with Crippen molar-refractivity contribution < 1.29 is 4.79 Å². The second-order valence-corrected chi connectivity index (χ2v) is 6.77. The maximum Gasteiger partial charge on any atom is 0.253 e. The van der Waals surface area contributed by atoms with E-state index in [-0.39, 0.29) is 24.1 Å². The van der Waals surface area contributed by atoms with Gasteiger partial charge in [0.05, 0.1) is 6.04 Å². The Balaban J connectivity index is 1.63. The Bertz CT molecular complexity index is 798. The SMILES string of the molecule is Cc1cc(C)c(CNC(=O)[C@@H]2CCCN2Cc2ccccc2)c(=O)[nH]1. The number of carbonyl (C=O) groups is 1. The molecule has 132 valence electrons. The van der Waals surface area contributed by atoms with Crippen molar-refractivity contribution >= 4 is 5.91 Å². The van der Waals surface area contributed by atoms with E-state index in [2.05, 4.69) is 27.3 Å². The van der Waals surface area contributed by atoms with Gasteiger partial charge in [0.15, 0.2) is 0 Å². The van der Waals surface area contributed by atoms with Gasteiger partial charge in [-0.05, 0) is 50.4 Å². The number of hydrogen-bond acceptors (Lipinski definition) is 3. The van der Waals surface area contributed by atoms with Gasteiger partial charge in [-0.1, -0.05) is 30.3 Å². The minimum absolute atomic E-state index is 0.00723. The summed E-state index contributed by atoms with van der Waals surface area (Å²) in [5.41, 5.74) is 3.47. The molecule has 0 unspecified atom stereocenters. The van der Waals surface area contributed by atoms with Gasteiger partial charge in [0.25, 0.3) is 5.56 Å². The third-order valence-electron chi connectivity index (χ3n) is 4.83. The third kappa shape index (κ3) is 4.17. The van der Waals surface area contributed by atoms with E-state index in [0.29, 0.717) is 5.56 Å². The summed E-state index contributed by atoms with van der Waals surface area (Å²) < 4.78 is 0. The Hall–Kier alpha value is -2.40. The monoisotopic (exact) mass is 339 g/mol. The van der Waals surface area contributed by atoms with Crippen LogP contribution in [-0.4, -0.2) is 28.4 Å².